The van der Waals surface area contributed by atoms with Gasteiger partial charge in [-0.2, -0.15) is 0 Å². The van der Waals surface area contributed by atoms with Gasteiger partial charge in [0.15, 0.2) is 5.13 Å². The van der Waals surface area contributed by atoms with Crippen molar-refractivity contribution in [3.05, 3.63) is 20.7 Å². The van der Waals surface area contributed by atoms with Gasteiger partial charge in [-0.3, -0.25) is 14.9 Å². The molecule has 0 unspecified atom stereocenters. The van der Waals surface area contributed by atoms with E-state index in [1.165, 1.54) is 29.1 Å². The SMILES string of the molecule is O=C(Nc1nc2c(s1)CCCCC2)[C@H]1C[C@@H]1[N+](=O)[O-]. The molecule has 1 aromatic rings. The molecule has 19 heavy (non-hydrogen) atoms. The van der Waals surface area contributed by atoms with Crippen LogP contribution in [-0.4, -0.2) is 21.9 Å². The summed E-state index contributed by atoms with van der Waals surface area (Å²) in [5.41, 5.74) is 1.10. The van der Waals surface area contributed by atoms with Gasteiger partial charge in [0.1, 0.15) is 5.92 Å². The highest BCUT2D eigenvalue weighted by Crippen LogP contribution is 2.35. The Bertz CT molecular complexity index is 505. The quantitative estimate of drug-likeness (QED) is 0.522. The predicted molar refractivity (Wildman–Crippen MR) is 70.9 cm³/mol. The molecule has 3 rings (SSSR count). The van der Waals surface area contributed by atoms with Crippen LogP contribution < -0.4 is 5.32 Å². The molecule has 102 valence electrons. The lowest BCUT2D eigenvalue weighted by molar-refractivity contribution is -0.497. The fourth-order valence-corrected chi connectivity index (χ4v) is 3.53. The lowest BCUT2D eigenvalue weighted by Gasteiger charge is -1.98. The topological polar surface area (TPSA) is 85.1 Å². The molecule has 0 radical (unpaired) electrons. The zero-order chi connectivity index (χ0) is 13.4. The molecule has 1 amide bonds. The lowest BCUT2D eigenvalue weighted by atomic mass is 10.2. The normalized spacial score (nSPS) is 25.3. The first kappa shape index (κ1) is 12.5. The average Bonchev–Trinajstić information content (AvgIpc) is 3.12. The van der Waals surface area contributed by atoms with Crippen molar-refractivity contribution in [1.29, 1.82) is 0 Å². The Morgan fingerprint density at radius 3 is 2.89 bits per heavy atom. The minimum Gasteiger partial charge on any atom is -0.301 e. The van der Waals surface area contributed by atoms with Crippen molar-refractivity contribution in [2.75, 3.05) is 5.32 Å². The van der Waals surface area contributed by atoms with Crippen molar-refractivity contribution in [1.82, 2.24) is 4.98 Å². The van der Waals surface area contributed by atoms with Crippen LogP contribution in [0.4, 0.5) is 5.13 Å². The van der Waals surface area contributed by atoms with E-state index in [0.717, 1.165) is 25.0 Å². The van der Waals surface area contributed by atoms with Gasteiger partial charge in [-0.15, -0.1) is 11.3 Å². The summed E-state index contributed by atoms with van der Waals surface area (Å²) < 4.78 is 0. The van der Waals surface area contributed by atoms with E-state index in [1.807, 2.05) is 0 Å². The zero-order valence-corrected chi connectivity index (χ0v) is 11.2. The second-order valence-electron chi connectivity index (χ2n) is 5.13. The highest BCUT2D eigenvalue weighted by Gasteiger charge is 2.53. The standard InChI is InChI=1S/C12H15N3O3S/c16-11(7-6-9(7)15(17)18)14-12-13-8-4-2-1-3-5-10(8)19-12/h7,9H,1-6H2,(H,13,14,16)/t7-,9-/m0/s1. The van der Waals surface area contributed by atoms with E-state index in [0.29, 0.717) is 11.6 Å². The number of rotatable bonds is 3. The summed E-state index contributed by atoms with van der Waals surface area (Å²) in [4.78, 5) is 27.7. The van der Waals surface area contributed by atoms with E-state index in [2.05, 4.69) is 10.3 Å². The molecule has 0 spiro atoms. The highest BCUT2D eigenvalue weighted by molar-refractivity contribution is 7.15. The van der Waals surface area contributed by atoms with Crippen LogP contribution in [0.3, 0.4) is 0 Å². The minimum absolute atomic E-state index is 0.259. The number of anilines is 1. The molecule has 1 N–H and O–H groups in total. The smallest absolute Gasteiger partial charge is 0.236 e. The number of carbonyl (C=O) groups excluding carboxylic acids is 1. The number of hydrogen-bond donors (Lipinski definition) is 1. The summed E-state index contributed by atoms with van der Waals surface area (Å²) in [5.74, 6) is -0.732. The van der Waals surface area contributed by atoms with E-state index < -0.39 is 12.0 Å². The van der Waals surface area contributed by atoms with Gasteiger partial charge >= 0.3 is 0 Å². The number of hydrogen-bond acceptors (Lipinski definition) is 5. The van der Waals surface area contributed by atoms with Gasteiger partial charge in [-0.05, 0) is 25.7 Å². The average molecular weight is 281 g/mol. The van der Waals surface area contributed by atoms with Crippen LogP contribution in [-0.2, 0) is 17.6 Å². The van der Waals surface area contributed by atoms with Crippen LogP contribution in [0.25, 0.3) is 0 Å². The number of fused-ring (bicyclic) bond motifs is 1. The first-order valence-corrected chi connectivity index (χ1v) is 7.40. The van der Waals surface area contributed by atoms with Crippen molar-refractivity contribution >= 4 is 22.4 Å². The fourth-order valence-electron chi connectivity index (χ4n) is 2.48. The summed E-state index contributed by atoms with van der Waals surface area (Å²) >= 11 is 1.52. The molecule has 0 saturated heterocycles. The molecule has 0 aromatic carbocycles. The maximum Gasteiger partial charge on any atom is 0.236 e. The number of nitrogens with zero attached hydrogens (tertiary/aromatic N) is 2. The molecule has 6 nitrogen and oxygen atoms in total. The third-order valence-corrected chi connectivity index (χ3v) is 4.76. The highest BCUT2D eigenvalue weighted by atomic mass is 32.1. The van der Waals surface area contributed by atoms with Gasteiger partial charge < -0.3 is 5.32 Å². The molecule has 0 aliphatic heterocycles. The number of nitrogens with one attached hydrogen (secondary N) is 1. The second kappa shape index (κ2) is 4.88. The summed E-state index contributed by atoms with van der Waals surface area (Å²) in [6, 6.07) is -0.696. The Hall–Kier alpha value is -1.50. The van der Waals surface area contributed by atoms with Crippen LogP contribution in [0, 0.1) is 16.0 Å². The molecule has 2 atom stereocenters. The van der Waals surface area contributed by atoms with Crippen molar-refractivity contribution in [2.45, 2.75) is 44.6 Å². The molecule has 1 fully saturated rings. The Morgan fingerprint density at radius 2 is 2.16 bits per heavy atom. The maximum atomic E-state index is 11.8. The third kappa shape index (κ3) is 2.60. The van der Waals surface area contributed by atoms with Crippen molar-refractivity contribution < 1.29 is 9.72 Å². The fraction of sp³-hybridized carbons (Fsp3) is 0.667. The lowest BCUT2D eigenvalue weighted by Crippen LogP contribution is -2.18. The van der Waals surface area contributed by atoms with Crippen LogP contribution in [0.1, 0.15) is 36.3 Å². The van der Waals surface area contributed by atoms with Gasteiger partial charge in [-0.1, -0.05) is 6.42 Å². The van der Waals surface area contributed by atoms with Gasteiger partial charge in [0.25, 0.3) is 0 Å². The number of aromatic nitrogens is 1. The van der Waals surface area contributed by atoms with E-state index in [-0.39, 0.29) is 10.8 Å². The van der Waals surface area contributed by atoms with Crippen LogP contribution >= 0.6 is 11.3 Å². The Balaban J connectivity index is 1.64. The summed E-state index contributed by atoms with van der Waals surface area (Å²) in [7, 11) is 0. The molecule has 0 bridgehead atoms. The van der Waals surface area contributed by atoms with Crippen molar-refractivity contribution in [3.8, 4) is 0 Å². The van der Waals surface area contributed by atoms with E-state index in [9.17, 15) is 14.9 Å². The zero-order valence-electron chi connectivity index (χ0n) is 10.4. The van der Waals surface area contributed by atoms with Crippen LogP contribution in [0.2, 0.25) is 0 Å². The number of thiazole rings is 1. The summed E-state index contributed by atoms with van der Waals surface area (Å²) in [6.07, 6.45) is 5.92. The molecule has 2 aliphatic rings. The van der Waals surface area contributed by atoms with Crippen LogP contribution in [0.15, 0.2) is 0 Å². The molecular weight excluding hydrogens is 266 g/mol. The number of amides is 1. The van der Waals surface area contributed by atoms with Gasteiger partial charge in [0.05, 0.1) is 5.69 Å². The summed E-state index contributed by atoms with van der Waals surface area (Å²) in [5, 5.41) is 13.9. The van der Waals surface area contributed by atoms with Gasteiger partial charge in [0.2, 0.25) is 11.9 Å². The van der Waals surface area contributed by atoms with E-state index >= 15 is 0 Å². The van der Waals surface area contributed by atoms with Crippen molar-refractivity contribution in [3.63, 3.8) is 0 Å². The Labute approximate surface area is 114 Å². The van der Waals surface area contributed by atoms with Gasteiger partial charge in [-0.25, -0.2) is 4.98 Å². The minimum atomic E-state index is -0.696. The monoisotopic (exact) mass is 281 g/mol. The molecule has 7 heteroatoms. The van der Waals surface area contributed by atoms with E-state index in [1.54, 1.807) is 0 Å². The molecular formula is C12H15N3O3S. The maximum absolute atomic E-state index is 11.8. The third-order valence-electron chi connectivity index (χ3n) is 3.69. The molecule has 2 aliphatic carbocycles. The predicted octanol–water partition coefficient (Wildman–Crippen LogP) is 2.02. The van der Waals surface area contributed by atoms with Gasteiger partial charge in [0, 0.05) is 16.2 Å². The van der Waals surface area contributed by atoms with Crippen molar-refractivity contribution in [2.24, 2.45) is 5.92 Å². The number of nitro groups is 1. The molecule has 1 aromatic heterocycles. The first-order chi connectivity index (χ1) is 9.15. The molecule has 1 heterocycles. The molecule has 1 saturated carbocycles. The first-order valence-electron chi connectivity index (χ1n) is 6.58. The second-order valence-corrected chi connectivity index (χ2v) is 6.22. The number of aryl methyl sites for hydroxylation is 2. The Morgan fingerprint density at radius 1 is 1.37 bits per heavy atom. The Kier molecular flexibility index (Phi) is 3.22. The summed E-state index contributed by atoms with van der Waals surface area (Å²) in [6.45, 7) is 0. The van der Waals surface area contributed by atoms with Crippen LogP contribution in [0.5, 0.6) is 0 Å². The van der Waals surface area contributed by atoms with E-state index in [4.69, 9.17) is 0 Å². The number of carbonyl (C=O) groups is 1. The largest absolute Gasteiger partial charge is 0.301 e.